The summed E-state index contributed by atoms with van der Waals surface area (Å²) in [6.45, 7) is 17.3. The number of nitrogens with one attached hydrogen (secondary N) is 1. The van der Waals surface area contributed by atoms with E-state index in [0.29, 0.717) is 25.7 Å². The molecule has 5 nitrogen and oxygen atoms in total. The Kier molecular flexibility index (Phi) is 9.19. The number of anilines is 1. The first kappa shape index (κ1) is 30.4. The van der Waals surface area contributed by atoms with Crippen LogP contribution in [0.15, 0.2) is 89.4 Å². The lowest BCUT2D eigenvalue weighted by atomic mass is 10.0. The summed E-state index contributed by atoms with van der Waals surface area (Å²) in [5, 5.41) is 6.00. The largest absolute Gasteiger partial charge is 0.404 e. The number of aliphatic imine (C=N–C) groups is 1. The highest BCUT2D eigenvalue weighted by molar-refractivity contribution is 6.99. The average molecular weight is 583 g/mol. The Bertz CT molecular complexity index is 1390. The average Bonchev–Trinajstić information content (AvgIpc) is 3.13. The van der Waals surface area contributed by atoms with Crippen molar-refractivity contribution in [2.45, 2.75) is 72.3 Å². The Balaban J connectivity index is 1.55. The number of rotatable bonds is 9. The highest BCUT2D eigenvalue weighted by Gasteiger charge is 2.51. The summed E-state index contributed by atoms with van der Waals surface area (Å²) in [6.07, 6.45) is 2.26. The summed E-state index contributed by atoms with van der Waals surface area (Å²) in [7, 11) is -2.76. The highest BCUT2D eigenvalue weighted by Crippen LogP contribution is 2.38. The highest BCUT2D eigenvalue weighted by atomic mass is 28.4. The summed E-state index contributed by atoms with van der Waals surface area (Å²) in [5.41, 5.74) is 6.49. The normalized spacial score (nSPS) is 18.9. The molecule has 6 heteroatoms. The second-order valence-electron chi connectivity index (χ2n) is 13.0. The van der Waals surface area contributed by atoms with Gasteiger partial charge in [0.05, 0.1) is 30.3 Å². The van der Waals surface area contributed by atoms with Gasteiger partial charge in [0.1, 0.15) is 6.10 Å². The van der Waals surface area contributed by atoms with Gasteiger partial charge < -0.3 is 19.2 Å². The number of aryl methyl sites for hydroxylation is 2. The molecule has 222 valence electrons. The van der Waals surface area contributed by atoms with Crippen molar-refractivity contribution in [3.63, 3.8) is 0 Å². The van der Waals surface area contributed by atoms with Crippen LogP contribution in [0.1, 0.15) is 52.2 Å². The third-order valence-corrected chi connectivity index (χ3v) is 13.4. The van der Waals surface area contributed by atoms with Crippen molar-refractivity contribution in [1.82, 2.24) is 0 Å². The van der Waals surface area contributed by atoms with E-state index in [4.69, 9.17) is 18.9 Å². The van der Waals surface area contributed by atoms with E-state index in [0.717, 1.165) is 29.1 Å². The van der Waals surface area contributed by atoms with Crippen LogP contribution in [0.2, 0.25) is 5.04 Å². The fourth-order valence-electron chi connectivity index (χ4n) is 5.96. The van der Waals surface area contributed by atoms with E-state index in [2.05, 4.69) is 133 Å². The van der Waals surface area contributed by atoms with Crippen molar-refractivity contribution in [3.8, 4) is 0 Å². The van der Waals surface area contributed by atoms with Crippen molar-refractivity contribution >= 4 is 35.8 Å². The van der Waals surface area contributed by atoms with E-state index in [1.165, 1.54) is 21.5 Å². The zero-order chi connectivity index (χ0) is 29.9. The Morgan fingerprint density at radius 3 is 2.17 bits per heavy atom. The van der Waals surface area contributed by atoms with Crippen molar-refractivity contribution in [1.29, 1.82) is 0 Å². The Hall–Kier alpha value is -3.03. The maximum absolute atomic E-state index is 7.35. The molecule has 0 unspecified atom stereocenters. The SMILES string of the molecule is Cc1cc2c(cc1C)NCC1=C[C@@H](OCCC(C)C)O[C@H](CO[Si](c3ccccc3)(c3ccccc3)C(C)(C)C)C1=N2. The van der Waals surface area contributed by atoms with Crippen LogP contribution in [0.25, 0.3) is 0 Å². The van der Waals surface area contributed by atoms with E-state index < -0.39 is 14.6 Å². The van der Waals surface area contributed by atoms with Gasteiger partial charge in [-0.25, -0.2) is 4.99 Å². The minimum Gasteiger partial charge on any atom is -0.404 e. The first-order valence-corrected chi connectivity index (χ1v) is 17.2. The second-order valence-corrected chi connectivity index (χ2v) is 17.3. The Morgan fingerprint density at radius 1 is 0.952 bits per heavy atom. The molecule has 0 aliphatic carbocycles. The number of ether oxygens (including phenoxy) is 2. The predicted molar refractivity (Wildman–Crippen MR) is 177 cm³/mol. The smallest absolute Gasteiger partial charge is 0.261 e. The molecule has 5 rings (SSSR count). The van der Waals surface area contributed by atoms with Gasteiger partial charge in [0.2, 0.25) is 0 Å². The van der Waals surface area contributed by atoms with Crippen LogP contribution in [-0.4, -0.2) is 46.2 Å². The fourth-order valence-corrected chi connectivity index (χ4v) is 10.5. The monoisotopic (exact) mass is 582 g/mol. The number of fused-ring (bicyclic) bond motifs is 2. The lowest BCUT2D eigenvalue weighted by Crippen LogP contribution is -2.67. The van der Waals surface area contributed by atoms with Crippen LogP contribution in [-0.2, 0) is 13.9 Å². The molecule has 0 aromatic heterocycles. The second kappa shape index (κ2) is 12.7. The van der Waals surface area contributed by atoms with Crippen LogP contribution in [0.3, 0.4) is 0 Å². The van der Waals surface area contributed by atoms with Crippen LogP contribution in [0, 0.1) is 19.8 Å². The minimum atomic E-state index is -2.76. The molecule has 0 amide bonds. The van der Waals surface area contributed by atoms with Crippen molar-refractivity contribution < 1.29 is 13.9 Å². The molecule has 2 atom stereocenters. The summed E-state index contributed by atoms with van der Waals surface area (Å²) in [6, 6.07) is 25.9. The quantitative estimate of drug-likeness (QED) is 0.274. The molecular formula is C36H46N2O3Si. The molecule has 42 heavy (non-hydrogen) atoms. The molecule has 1 N–H and O–H groups in total. The molecular weight excluding hydrogens is 536 g/mol. The Labute approximate surface area is 253 Å². The first-order valence-electron chi connectivity index (χ1n) is 15.3. The van der Waals surface area contributed by atoms with Crippen molar-refractivity contribution in [2.75, 3.05) is 25.1 Å². The van der Waals surface area contributed by atoms with Gasteiger partial charge in [0.15, 0.2) is 6.29 Å². The van der Waals surface area contributed by atoms with Gasteiger partial charge in [-0.1, -0.05) is 95.3 Å². The molecule has 3 aromatic rings. The van der Waals surface area contributed by atoms with E-state index in [1.807, 2.05) is 0 Å². The van der Waals surface area contributed by atoms with Crippen molar-refractivity contribution in [3.05, 3.63) is 95.6 Å². The van der Waals surface area contributed by atoms with E-state index in [1.54, 1.807) is 0 Å². The summed E-state index contributed by atoms with van der Waals surface area (Å²) < 4.78 is 20.3. The van der Waals surface area contributed by atoms with E-state index in [-0.39, 0.29) is 11.1 Å². The van der Waals surface area contributed by atoms with Gasteiger partial charge in [0.25, 0.3) is 8.32 Å². The molecule has 2 aliphatic heterocycles. The van der Waals surface area contributed by atoms with Gasteiger partial charge >= 0.3 is 0 Å². The van der Waals surface area contributed by atoms with E-state index >= 15 is 0 Å². The van der Waals surface area contributed by atoms with Gasteiger partial charge in [-0.3, -0.25) is 0 Å². The number of nitrogens with zero attached hydrogens (tertiary/aromatic N) is 1. The van der Waals surface area contributed by atoms with Gasteiger partial charge in [0, 0.05) is 6.54 Å². The van der Waals surface area contributed by atoms with E-state index in [9.17, 15) is 0 Å². The summed E-state index contributed by atoms with van der Waals surface area (Å²) in [4.78, 5) is 5.24. The van der Waals surface area contributed by atoms with Gasteiger partial charge in [-0.15, -0.1) is 0 Å². The van der Waals surface area contributed by atoms with Crippen LogP contribution < -0.4 is 15.7 Å². The van der Waals surface area contributed by atoms with Crippen LogP contribution in [0.5, 0.6) is 0 Å². The summed E-state index contributed by atoms with van der Waals surface area (Å²) in [5.74, 6) is 0.563. The molecule has 0 radical (unpaired) electrons. The third-order valence-electron chi connectivity index (χ3n) is 8.44. The van der Waals surface area contributed by atoms with Gasteiger partial charge in [-0.2, -0.15) is 0 Å². The zero-order valence-electron chi connectivity index (χ0n) is 26.2. The summed E-state index contributed by atoms with van der Waals surface area (Å²) >= 11 is 0. The minimum absolute atomic E-state index is 0.135. The number of hydrogen-bond donors (Lipinski definition) is 1. The standard InChI is InChI=1S/C36H46N2O3Si/c1-25(2)18-19-39-34-22-28-23-37-31-20-26(3)27(4)21-32(31)38-35(28)33(41-34)24-40-42(36(5,6)7,29-14-10-8-11-15-29)30-16-12-9-13-17-30/h8-17,20-22,25,33-34,37H,18-19,23-24H2,1-7H3/t33-,34+/m1/s1. The Morgan fingerprint density at radius 2 is 1.57 bits per heavy atom. The molecule has 0 saturated heterocycles. The molecule has 3 aromatic carbocycles. The third kappa shape index (κ3) is 6.32. The number of hydrogen-bond acceptors (Lipinski definition) is 5. The molecule has 0 saturated carbocycles. The fraction of sp³-hybridized carbons (Fsp3) is 0.417. The maximum atomic E-state index is 7.35. The van der Waals surface area contributed by atoms with Crippen LogP contribution >= 0.6 is 0 Å². The van der Waals surface area contributed by atoms with Gasteiger partial charge in [-0.05, 0) is 76.5 Å². The molecule has 0 bridgehead atoms. The first-order chi connectivity index (χ1) is 20.1. The molecule has 0 fully saturated rings. The lowest BCUT2D eigenvalue weighted by molar-refractivity contribution is -0.137. The van der Waals surface area contributed by atoms with Crippen molar-refractivity contribution in [2.24, 2.45) is 10.9 Å². The molecule has 2 heterocycles. The predicted octanol–water partition coefficient (Wildman–Crippen LogP) is 7.09. The molecule has 0 spiro atoms. The maximum Gasteiger partial charge on any atom is 0.261 e. The zero-order valence-corrected chi connectivity index (χ0v) is 27.2. The number of benzene rings is 3. The topological polar surface area (TPSA) is 52.1 Å². The molecule has 2 aliphatic rings. The van der Waals surface area contributed by atoms with Crippen LogP contribution in [0.4, 0.5) is 11.4 Å². The lowest BCUT2D eigenvalue weighted by Gasteiger charge is -2.44.